The summed E-state index contributed by atoms with van der Waals surface area (Å²) in [6.07, 6.45) is 5.54. The van der Waals surface area contributed by atoms with Gasteiger partial charge in [0, 0.05) is 51.4 Å². The third-order valence-corrected chi connectivity index (χ3v) is 4.73. The number of piperazine rings is 1. The molecule has 2 unspecified atom stereocenters. The molecule has 1 aliphatic carbocycles. The minimum atomic E-state index is 0.670. The summed E-state index contributed by atoms with van der Waals surface area (Å²) in [5.41, 5.74) is 0. The predicted molar refractivity (Wildman–Crippen MR) is 82.6 cm³/mol. The summed E-state index contributed by atoms with van der Waals surface area (Å²) in [5.74, 6) is 1.04. The molecule has 3 nitrogen and oxygen atoms in total. The molecule has 1 saturated carbocycles. The maximum Gasteiger partial charge on any atom is 0.0193 e. The van der Waals surface area contributed by atoms with Crippen LogP contribution in [0.5, 0.6) is 0 Å². The van der Waals surface area contributed by atoms with Crippen LogP contribution in [-0.2, 0) is 0 Å². The van der Waals surface area contributed by atoms with Crippen LogP contribution in [0, 0.1) is 5.92 Å². The Morgan fingerprint density at radius 2 is 1.79 bits per heavy atom. The van der Waals surface area contributed by atoms with Crippen LogP contribution in [-0.4, -0.2) is 61.2 Å². The SMILES string of the molecule is CCCC(C)NCC(C)N1CCN(CC2CC2)CC1. The van der Waals surface area contributed by atoms with Gasteiger partial charge >= 0.3 is 0 Å². The van der Waals surface area contributed by atoms with E-state index < -0.39 is 0 Å². The molecule has 1 heterocycles. The van der Waals surface area contributed by atoms with Gasteiger partial charge in [-0.15, -0.1) is 0 Å². The lowest BCUT2D eigenvalue weighted by Gasteiger charge is -2.38. The molecule has 2 fully saturated rings. The molecule has 0 aromatic rings. The second kappa shape index (κ2) is 7.61. The Kier molecular flexibility index (Phi) is 6.11. The molecule has 112 valence electrons. The Bertz CT molecular complexity index is 244. The molecule has 0 aromatic carbocycles. The Hall–Kier alpha value is -0.120. The molecule has 1 saturated heterocycles. The molecule has 0 spiro atoms. The van der Waals surface area contributed by atoms with E-state index in [0.29, 0.717) is 12.1 Å². The van der Waals surface area contributed by atoms with Gasteiger partial charge in [0.25, 0.3) is 0 Å². The Labute approximate surface area is 119 Å². The maximum atomic E-state index is 3.68. The van der Waals surface area contributed by atoms with E-state index in [-0.39, 0.29) is 0 Å². The second-order valence-electron chi connectivity index (χ2n) is 6.73. The first kappa shape index (κ1) is 15.3. The van der Waals surface area contributed by atoms with Crippen molar-refractivity contribution in [2.24, 2.45) is 5.92 Å². The molecule has 1 aliphatic heterocycles. The fourth-order valence-electron chi connectivity index (χ4n) is 3.09. The number of rotatable bonds is 8. The average molecular weight is 267 g/mol. The summed E-state index contributed by atoms with van der Waals surface area (Å²) >= 11 is 0. The first-order chi connectivity index (χ1) is 9.19. The fourth-order valence-corrected chi connectivity index (χ4v) is 3.09. The number of nitrogens with one attached hydrogen (secondary N) is 1. The minimum Gasteiger partial charge on any atom is -0.313 e. The molecule has 0 aromatic heterocycles. The first-order valence-corrected chi connectivity index (χ1v) is 8.38. The van der Waals surface area contributed by atoms with E-state index in [1.165, 1.54) is 58.4 Å². The van der Waals surface area contributed by atoms with Gasteiger partial charge in [0.1, 0.15) is 0 Å². The van der Waals surface area contributed by atoms with Crippen LogP contribution in [0.25, 0.3) is 0 Å². The number of nitrogens with zero attached hydrogens (tertiary/aromatic N) is 2. The van der Waals surface area contributed by atoms with Crippen molar-refractivity contribution in [1.29, 1.82) is 0 Å². The zero-order chi connectivity index (χ0) is 13.7. The van der Waals surface area contributed by atoms with E-state index in [2.05, 4.69) is 35.9 Å². The third-order valence-electron chi connectivity index (χ3n) is 4.73. The molecule has 19 heavy (non-hydrogen) atoms. The smallest absolute Gasteiger partial charge is 0.0193 e. The lowest BCUT2D eigenvalue weighted by atomic mass is 10.1. The van der Waals surface area contributed by atoms with Gasteiger partial charge in [-0.25, -0.2) is 0 Å². The summed E-state index contributed by atoms with van der Waals surface area (Å²) in [6.45, 7) is 14.6. The molecular formula is C16H33N3. The van der Waals surface area contributed by atoms with E-state index in [1.54, 1.807) is 0 Å². The highest BCUT2D eigenvalue weighted by Gasteiger charge is 2.27. The van der Waals surface area contributed by atoms with Gasteiger partial charge in [0.2, 0.25) is 0 Å². The van der Waals surface area contributed by atoms with Crippen LogP contribution in [0.15, 0.2) is 0 Å². The van der Waals surface area contributed by atoms with Crippen LogP contribution in [0.1, 0.15) is 46.5 Å². The first-order valence-electron chi connectivity index (χ1n) is 8.38. The zero-order valence-corrected chi connectivity index (χ0v) is 13.2. The quantitative estimate of drug-likeness (QED) is 0.727. The molecule has 0 radical (unpaired) electrons. The topological polar surface area (TPSA) is 18.5 Å². The normalized spacial score (nSPS) is 25.4. The summed E-state index contributed by atoms with van der Waals surface area (Å²) < 4.78 is 0. The average Bonchev–Trinajstić information content (AvgIpc) is 3.21. The van der Waals surface area contributed by atoms with Gasteiger partial charge in [-0.3, -0.25) is 4.90 Å². The zero-order valence-electron chi connectivity index (χ0n) is 13.2. The molecule has 0 amide bonds. The standard InChI is InChI=1S/C16H33N3/c1-4-5-14(2)17-12-15(3)19-10-8-18(9-11-19)13-16-6-7-16/h14-17H,4-13H2,1-3H3. The lowest BCUT2D eigenvalue weighted by Crippen LogP contribution is -2.52. The largest absolute Gasteiger partial charge is 0.313 e. The summed E-state index contributed by atoms with van der Waals surface area (Å²) in [6, 6.07) is 1.35. The fraction of sp³-hybridized carbons (Fsp3) is 1.00. The number of hydrogen-bond donors (Lipinski definition) is 1. The highest BCUT2D eigenvalue weighted by atomic mass is 15.3. The van der Waals surface area contributed by atoms with Crippen molar-refractivity contribution in [3.8, 4) is 0 Å². The van der Waals surface area contributed by atoms with Crippen LogP contribution < -0.4 is 5.32 Å². The van der Waals surface area contributed by atoms with Crippen molar-refractivity contribution < 1.29 is 0 Å². The molecule has 1 N–H and O–H groups in total. The monoisotopic (exact) mass is 267 g/mol. The lowest BCUT2D eigenvalue weighted by molar-refractivity contribution is 0.0976. The van der Waals surface area contributed by atoms with E-state index >= 15 is 0 Å². The highest BCUT2D eigenvalue weighted by molar-refractivity contribution is 4.82. The number of hydrogen-bond acceptors (Lipinski definition) is 3. The van der Waals surface area contributed by atoms with Crippen LogP contribution in [0.2, 0.25) is 0 Å². The van der Waals surface area contributed by atoms with Gasteiger partial charge < -0.3 is 10.2 Å². The van der Waals surface area contributed by atoms with Crippen molar-refractivity contribution in [2.45, 2.75) is 58.5 Å². The van der Waals surface area contributed by atoms with Crippen LogP contribution in [0.3, 0.4) is 0 Å². The highest BCUT2D eigenvalue weighted by Crippen LogP contribution is 2.29. The molecule has 2 aliphatic rings. The Balaban J connectivity index is 1.59. The maximum absolute atomic E-state index is 3.68. The van der Waals surface area contributed by atoms with Gasteiger partial charge in [-0.1, -0.05) is 13.3 Å². The van der Waals surface area contributed by atoms with Crippen LogP contribution >= 0.6 is 0 Å². The predicted octanol–water partition coefficient (Wildman–Crippen LogP) is 2.18. The van der Waals surface area contributed by atoms with E-state index in [1.807, 2.05) is 0 Å². The Morgan fingerprint density at radius 3 is 2.37 bits per heavy atom. The van der Waals surface area contributed by atoms with Crippen molar-refractivity contribution in [3.63, 3.8) is 0 Å². The van der Waals surface area contributed by atoms with Crippen molar-refractivity contribution >= 4 is 0 Å². The van der Waals surface area contributed by atoms with E-state index in [4.69, 9.17) is 0 Å². The Morgan fingerprint density at radius 1 is 1.11 bits per heavy atom. The van der Waals surface area contributed by atoms with Crippen LogP contribution in [0.4, 0.5) is 0 Å². The molecule has 0 bridgehead atoms. The second-order valence-corrected chi connectivity index (χ2v) is 6.73. The minimum absolute atomic E-state index is 0.670. The van der Waals surface area contributed by atoms with Gasteiger partial charge in [0.05, 0.1) is 0 Å². The summed E-state index contributed by atoms with van der Waals surface area (Å²) in [4.78, 5) is 5.34. The van der Waals surface area contributed by atoms with Crippen molar-refractivity contribution in [2.75, 3.05) is 39.3 Å². The summed E-state index contributed by atoms with van der Waals surface area (Å²) in [5, 5.41) is 3.68. The van der Waals surface area contributed by atoms with E-state index in [0.717, 1.165) is 12.5 Å². The van der Waals surface area contributed by atoms with Gasteiger partial charge in [0.15, 0.2) is 0 Å². The van der Waals surface area contributed by atoms with Gasteiger partial charge in [-0.2, -0.15) is 0 Å². The van der Waals surface area contributed by atoms with Gasteiger partial charge in [-0.05, 0) is 39.0 Å². The van der Waals surface area contributed by atoms with E-state index in [9.17, 15) is 0 Å². The molecular weight excluding hydrogens is 234 g/mol. The molecule has 2 atom stereocenters. The summed E-state index contributed by atoms with van der Waals surface area (Å²) in [7, 11) is 0. The third kappa shape index (κ3) is 5.41. The van der Waals surface area contributed by atoms with Crippen molar-refractivity contribution in [3.05, 3.63) is 0 Å². The molecule has 3 heteroatoms. The van der Waals surface area contributed by atoms with Crippen molar-refractivity contribution in [1.82, 2.24) is 15.1 Å². The molecule has 2 rings (SSSR count).